The van der Waals surface area contributed by atoms with Gasteiger partial charge in [-0.3, -0.25) is 0 Å². The van der Waals surface area contributed by atoms with Gasteiger partial charge in [0.1, 0.15) is 10.2 Å². The molecule has 0 bridgehead atoms. The molecule has 2 heterocycles. The minimum Gasteiger partial charge on any atom is -0.396 e. The van der Waals surface area contributed by atoms with Crippen LogP contribution in [-0.2, 0) is 6.54 Å². The summed E-state index contributed by atoms with van der Waals surface area (Å²) in [6.07, 6.45) is 0. The number of nitrogens with one attached hydrogen (secondary N) is 1. The van der Waals surface area contributed by atoms with Gasteiger partial charge in [-0.2, -0.15) is 0 Å². The molecular formula is C10H11ClN4S. The van der Waals surface area contributed by atoms with E-state index in [9.17, 15) is 0 Å². The number of nitrogens with two attached hydrogens (primary N) is 1. The number of pyridine rings is 1. The lowest BCUT2D eigenvalue weighted by atomic mass is 10.4. The van der Waals surface area contributed by atoms with Gasteiger partial charge in [0.05, 0.1) is 12.2 Å². The van der Waals surface area contributed by atoms with Crippen LogP contribution < -0.4 is 11.1 Å². The highest BCUT2D eigenvalue weighted by Gasteiger charge is 2.03. The fraction of sp³-hybridized carbons (Fsp3) is 0.200. The molecule has 0 saturated heterocycles. The Hall–Kier alpha value is -1.33. The van der Waals surface area contributed by atoms with E-state index in [-0.39, 0.29) is 0 Å². The molecule has 84 valence electrons. The molecule has 4 nitrogen and oxygen atoms in total. The summed E-state index contributed by atoms with van der Waals surface area (Å²) >= 11 is 7.39. The molecule has 2 rings (SSSR count). The van der Waals surface area contributed by atoms with Gasteiger partial charge in [-0.25, -0.2) is 9.97 Å². The van der Waals surface area contributed by atoms with E-state index in [1.165, 1.54) is 0 Å². The van der Waals surface area contributed by atoms with Crippen LogP contribution in [0.3, 0.4) is 0 Å². The molecule has 0 aliphatic carbocycles. The van der Waals surface area contributed by atoms with Crippen molar-refractivity contribution in [2.24, 2.45) is 0 Å². The molecule has 2 aromatic heterocycles. The molecule has 0 saturated carbocycles. The number of hydrogen-bond acceptors (Lipinski definition) is 5. The number of aromatic nitrogens is 2. The lowest BCUT2D eigenvalue weighted by molar-refractivity contribution is 1.06. The molecule has 0 radical (unpaired) electrons. The van der Waals surface area contributed by atoms with Crippen LogP contribution in [0, 0.1) is 6.92 Å². The maximum absolute atomic E-state index is 5.78. The van der Waals surface area contributed by atoms with Crippen molar-refractivity contribution in [1.29, 1.82) is 0 Å². The number of nitrogens with zero attached hydrogens (tertiary/aromatic N) is 2. The molecule has 0 unspecified atom stereocenters. The molecule has 0 fully saturated rings. The fourth-order valence-corrected chi connectivity index (χ4v) is 2.09. The van der Waals surface area contributed by atoms with Gasteiger partial charge in [0.25, 0.3) is 0 Å². The third-order valence-electron chi connectivity index (χ3n) is 1.97. The summed E-state index contributed by atoms with van der Waals surface area (Å²) in [5.74, 6) is 0.598. The Morgan fingerprint density at radius 1 is 1.44 bits per heavy atom. The Morgan fingerprint density at radius 2 is 2.25 bits per heavy atom. The highest BCUT2D eigenvalue weighted by atomic mass is 35.5. The quantitative estimate of drug-likeness (QED) is 0.827. The van der Waals surface area contributed by atoms with Crippen molar-refractivity contribution < 1.29 is 0 Å². The van der Waals surface area contributed by atoms with Gasteiger partial charge in [-0.1, -0.05) is 11.6 Å². The first-order chi connectivity index (χ1) is 7.65. The summed E-state index contributed by atoms with van der Waals surface area (Å²) in [4.78, 5) is 8.43. The van der Waals surface area contributed by atoms with E-state index < -0.39 is 0 Å². The SMILES string of the molecule is Cc1csc(CNc2nc(Cl)ccc2N)n1. The zero-order valence-electron chi connectivity index (χ0n) is 8.70. The normalized spacial score (nSPS) is 10.4. The number of rotatable bonds is 3. The van der Waals surface area contributed by atoms with Crippen LogP contribution in [0.15, 0.2) is 17.5 Å². The van der Waals surface area contributed by atoms with E-state index in [0.717, 1.165) is 10.7 Å². The minimum atomic E-state index is 0.423. The number of thiazole rings is 1. The van der Waals surface area contributed by atoms with Gasteiger partial charge in [-0.05, 0) is 19.1 Å². The third kappa shape index (κ3) is 2.62. The van der Waals surface area contributed by atoms with Crippen molar-refractivity contribution in [3.05, 3.63) is 33.4 Å². The molecule has 3 N–H and O–H groups in total. The number of halogens is 1. The van der Waals surface area contributed by atoms with Crippen LogP contribution in [0.4, 0.5) is 11.5 Å². The Balaban J connectivity index is 2.07. The summed E-state index contributed by atoms with van der Waals surface area (Å²) in [6.45, 7) is 2.57. The summed E-state index contributed by atoms with van der Waals surface area (Å²) < 4.78 is 0. The Morgan fingerprint density at radius 3 is 2.94 bits per heavy atom. The van der Waals surface area contributed by atoms with Crippen LogP contribution in [0.1, 0.15) is 10.7 Å². The lowest BCUT2D eigenvalue weighted by Crippen LogP contribution is -2.04. The van der Waals surface area contributed by atoms with Gasteiger partial charge in [-0.15, -0.1) is 11.3 Å². The predicted octanol–water partition coefficient (Wildman–Crippen LogP) is 2.69. The maximum atomic E-state index is 5.78. The largest absolute Gasteiger partial charge is 0.396 e. The average molecular weight is 255 g/mol. The number of aryl methyl sites for hydroxylation is 1. The van der Waals surface area contributed by atoms with E-state index >= 15 is 0 Å². The first kappa shape index (κ1) is 11.2. The van der Waals surface area contributed by atoms with Crippen molar-refractivity contribution in [2.45, 2.75) is 13.5 Å². The Bertz CT molecular complexity index is 497. The Kier molecular flexibility index (Phi) is 3.26. The van der Waals surface area contributed by atoms with E-state index in [1.54, 1.807) is 23.5 Å². The predicted molar refractivity (Wildman–Crippen MR) is 67.8 cm³/mol. The highest BCUT2D eigenvalue weighted by Crippen LogP contribution is 2.19. The summed E-state index contributed by atoms with van der Waals surface area (Å²) in [5.41, 5.74) is 7.36. The topological polar surface area (TPSA) is 63.8 Å². The van der Waals surface area contributed by atoms with Gasteiger partial charge >= 0.3 is 0 Å². The molecule has 0 aromatic carbocycles. The lowest BCUT2D eigenvalue weighted by Gasteiger charge is -2.06. The van der Waals surface area contributed by atoms with Crippen LogP contribution in [0.2, 0.25) is 5.15 Å². The zero-order valence-corrected chi connectivity index (χ0v) is 10.3. The van der Waals surface area contributed by atoms with Gasteiger partial charge in [0, 0.05) is 11.1 Å². The molecule has 0 aliphatic heterocycles. The number of nitrogen functional groups attached to an aromatic ring is 1. The third-order valence-corrected chi connectivity index (χ3v) is 3.14. The van der Waals surface area contributed by atoms with Crippen molar-refractivity contribution in [1.82, 2.24) is 9.97 Å². The van der Waals surface area contributed by atoms with Crippen LogP contribution >= 0.6 is 22.9 Å². The van der Waals surface area contributed by atoms with Crippen molar-refractivity contribution in [3.63, 3.8) is 0 Å². The second-order valence-corrected chi connectivity index (χ2v) is 4.64. The molecule has 6 heteroatoms. The van der Waals surface area contributed by atoms with Crippen molar-refractivity contribution >= 4 is 34.4 Å². The molecule has 0 amide bonds. The summed E-state index contributed by atoms with van der Waals surface area (Å²) in [6, 6.07) is 3.39. The van der Waals surface area contributed by atoms with E-state index in [0.29, 0.717) is 23.2 Å². The van der Waals surface area contributed by atoms with Gasteiger partial charge in [0.2, 0.25) is 0 Å². The first-order valence-corrected chi connectivity index (χ1v) is 5.98. The second kappa shape index (κ2) is 4.67. The minimum absolute atomic E-state index is 0.423. The maximum Gasteiger partial charge on any atom is 0.151 e. The molecule has 0 atom stereocenters. The molecule has 0 aliphatic rings. The molecule has 16 heavy (non-hydrogen) atoms. The summed E-state index contributed by atoms with van der Waals surface area (Å²) in [7, 11) is 0. The highest BCUT2D eigenvalue weighted by molar-refractivity contribution is 7.09. The molecule has 2 aromatic rings. The smallest absolute Gasteiger partial charge is 0.151 e. The van der Waals surface area contributed by atoms with E-state index in [2.05, 4.69) is 15.3 Å². The van der Waals surface area contributed by atoms with Crippen molar-refractivity contribution in [3.8, 4) is 0 Å². The van der Waals surface area contributed by atoms with Gasteiger partial charge in [0.15, 0.2) is 5.82 Å². The van der Waals surface area contributed by atoms with E-state index in [4.69, 9.17) is 17.3 Å². The second-order valence-electron chi connectivity index (χ2n) is 3.31. The van der Waals surface area contributed by atoms with E-state index in [1.807, 2.05) is 12.3 Å². The number of anilines is 2. The van der Waals surface area contributed by atoms with Crippen LogP contribution in [-0.4, -0.2) is 9.97 Å². The Labute approximate surface area is 102 Å². The fourth-order valence-electron chi connectivity index (χ4n) is 1.23. The summed E-state index contributed by atoms with van der Waals surface area (Å²) in [5, 5.41) is 6.54. The zero-order chi connectivity index (χ0) is 11.5. The monoisotopic (exact) mass is 254 g/mol. The first-order valence-electron chi connectivity index (χ1n) is 4.72. The van der Waals surface area contributed by atoms with Crippen molar-refractivity contribution in [2.75, 3.05) is 11.1 Å². The molecular weight excluding hydrogens is 244 g/mol. The number of hydrogen-bond donors (Lipinski definition) is 2. The standard InChI is InChI=1S/C10H11ClN4S/c1-6-5-16-9(14-6)4-13-10-7(12)2-3-8(11)15-10/h2-3,5H,4,12H2,1H3,(H,13,15). The van der Waals surface area contributed by atoms with Crippen LogP contribution in [0.5, 0.6) is 0 Å². The van der Waals surface area contributed by atoms with Gasteiger partial charge < -0.3 is 11.1 Å². The average Bonchev–Trinajstić information content (AvgIpc) is 2.66. The van der Waals surface area contributed by atoms with Crippen LogP contribution in [0.25, 0.3) is 0 Å². The molecule has 0 spiro atoms.